The molecule has 1 heterocycles. The van der Waals surface area contributed by atoms with Gasteiger partial charge >= 0.3 is 0 Å². The number of nitrogen functional groups attached to an aromatic ring is 1. The maximum absolute atomic E-state index is 5.51. The van der Waals surface area contributed by atoms with Crippen LogP contribution in [0, 0.1) is 12.8 Å². The third-order valence-electron chi connectivity index (χ3n) is 3.12. The van der Waals surface area contributed by atoms with Gasteiger partial charge in [0.2, 0.25) is 0 Å². The minimum absolute atomic E-state index is 0.313. The van der Waals surface area contributed by atoms with E-state index >= 15 is 0 Å². The highest BCUT2D eigenvalue weighted by molar-refractivity contribution is 5.19. The lowest BCUT2D eigenvalue weighted by atomic mass is 9.86. The summed E-state index contributed by atoms with van der Waals surface area (Å²) >= 11 is 0. The van der Waals surface area contributed by atoms with Crippen molar-refractivity contribution in [1.29, 1.82) is 0 Å². The van der Waals surface area contributed by atoms with Crippen molar-refractivity contribution in [3.05, 3.63) is 11.5 Å². The lowest BCUT2D eigenvalue weighted by Crippen LogP contribution is -2.10. The summed E-state index contributed by atoms with van der Waals surface area (Å²) in [6.07, 6.45) is 7.87. The van der Waals surface area contributed by atoms with Gasteiger partial charge in [-0.3, -0.25) is 0 Å². The third kappa shape index (κ3) is 2.08. The van der Waals surface area contributed by atoms with Crippen molar-refractivity contribution >= 4 is 6.01 Å². The molecule has 3 heteroatoms. The molecule has 2 rings (SSSR count). The van der Waals surface area contributed by atoms with Crippen molar-refractivity contribution in [2.24, 2.45) is 5.92 Å². The van der Waals surface area contributed by atoms with Crippen LogP contribution in [0.5, 0.6) is 0 Å². The summed E-state index contributed by atoms with van der Waals surface area (Å²) < 4.78 is 5.22. The van der Waals surface area contributed by atoms with E-state index in [0.717, 1.165) is 23.8 Å². The Morgan fingerprint density at radius 3 is 2.64 bits per heavy atom. The highest BCUT2D eigenvalue weighted by Gasteiger charge is 2.17. The van der Waals surface area contributed by atoms with Crippen LogP contribution in [0.25, 0.3) is 0 Å². The van der Waals surface area contributed by atoms with Gasteiger partial charge in [-0.05, 0) is 19.3 Å². The van der Waals surface area contributed by atoms with Gasteiger partial charge in [-0.1, -0.05) is 32.1 Å². The number of aromatic nitrogens is 1. The summed E-state index contributed by atoms with van der Waals surface area (Å²) in [4.78, 5) is 4.22. The van der Waals surface area contributed by atoms with E-state index in [1.54, 1.807) is 0 Å². The zero-order chi connectivity index (χ0) is 9.97. The summed E-state index contributed by atoms with van der Waals surface area (Å²) in [5.41, 5.74) is 6.57. The Morgan fingerprint density at radius 2 is 2.07 bits per heavy atom. The quantitative estimate of drug-likeness (QED) is 0.787. The van der Waals surface area contributed by atoms with Crippen LogP contribution in [-0.4, -0.2) is 4.98 Å². The monoisotopic (exact) mass is 194 g/mol. The van der Waals surface area contributed by atoms with Gasteiger partial charge in [0.15, 0.2) is 0 Å². The Kier molecular flexibility index (Phi) is 2.75. The lowest BCUT2D eigenvalue weighted by Gasteiger charge is -2.20. The van der Waals surface area contributed by atoms with E-state index in [2.05, 4.69) is 4.98 Å². The van der Waals surface area contributed by atoms with Crippen LogP contribution in [0.2, 0.25) is 0 Å². The standard InChI is InChI=1S/C11H18N2O/c1-8-10(13-11(12)14-8)7-9-5-3-2-4-6-9/h9H,2-7H2,1H3,(H2,12,13). The molecule has 78 valence electrons. The highest BCUT2D eigenvalue weighted by Crippen LogP contribution is 2.27. The lowest BCUT2D eigenvalue weighted by molar-refractivity contribution is 0.353. The predicted molar refractivity (Wildman–Crippen MR) is 55.9 cm³/mol. The zero-order valence-electron chi connectivity index (χ0n) is 8.75. The first-order valence-electron chi connectivity index (χ1n) is 5.47. The van der Waals surface area contributed by atoms with Gasteiger partial charge in [-0.25, -0.2) is 0 Å². The van der Waals surface area contributed by atoms with Crippen LogP contribution in [-0.2, 0) is 6.42 Å². The van der Waals surface area contributed by atoms with Crippen LogP contribution in [0.3, 0.4) is 0 Å². The van der Waals surface area contributed by atoms with E-state index in [-0.39, 0.29) is 0 Å². The van der Waals surface area contributed by atoms with Gasteiger partial charge in [-0.2, -0.15) is 4.98 Å². The molecule has 0 unspecified atom stereocenters. The SMILES string of the molecule is Cc1oc(N)nc1CC1CCCCC1. The number of rotatable bonds is 2. The molecular weight excluding hydrogens is 176 g/mol. The molecule has 0 bridgehead atoms. The van der Waals surface area contributed by atoms with Crippen LogP contribution >= 0.6 is 0 Å². The topological polar surface area (TPSA) is 52.0 Å². The first-order chi connectivity index (χ1) is 6.75. The number of hydrogen-bond acceptors (Lipinski definition) is 3. The molecule has 1 fully saturated rings. The maximum atomic E-state index is 5.51. The van der Waals surface area contributed by atoms with Crippen LogP contribution < -0.4 is 5.73 Å². The summed E-state index contributed by atoms with van der Waals surface area (Å²) in [5, 5.41) is 0. The van der Waals surface area contributed by atoms with Gasteiger partial charge in [-0.15, -0.1) is 0 Å². The van der Waals surface area contributed by atoms with Crippen molar-refractivity contribution in [2.75, 3.05) is 5.73 Å². The second-order valence-electron chi connectivity index (χ2n) is 4.26. The van der Waals surface area contributed by atoms with Crippen molar-refractivity contribution in [3.8, 4) is 0 Å². The molecule has 3 nitrogen and oxygen atoms in total. The minimum Gasteiger partial charge on any atom is -0.429 e. The highest BCUT2D eigenvalue weighted by atomic mass is 16.4. The Balaban J connectivity index is 1.98. The summed E-state index contributed by atoms with van der Waals surface area (Å²) in [7, 11) is 0. The minimum atomic E-state index is 0.313. The van der Waals surface area contributed by atoms with Gasteiger partial charge in [0.1, 0.15) is 5.76 Å². The number of aryl methyl sites for hydroxylation is 1. The number of hydrogen-bond donors (Lipinski definition) is 1. The maximum Gasteiger partial charge on any atom is 0.292 e. The Morgan fingerprint density at radius 1 is 1.36 bits per heavy atom. The largest absolute Gasteiger partial charge is 0.429 e. The number of oxazole rings is 1. The van der Waals surface area contributed by atoms with E-state index < -0.39 is 0 Å². The van der Waals surface area contributed by atoms with E-state index in [0.29, 0.717) is 6.01 Å². The number of nitrogens with zero attached hydrogens (tertiary/aromatic N) is 1. The average Bonchev–Trinajstić information content (AvgIpc) is 2.47. The van der Waals surface area contributed by atoms with E-state index in [1.807, 2.05) is 6.92 Å². The van der Waals surface area contributed by atoms with Crippen LogP contribution in [0.15, 0.2) is 4.42 Å². The molecule has 0 radical (unpaired) electrons. The molecule has 0 saturated heterocycles. The van der Waals surface area contributed by atoms with E-state index in [1.165, 1.54) is 32.1 Å². The molecule has 1 saturated carbocycles. The molecule has 0 spiro atoms. The molecule has 1 aliphatic rings. The molecule has 14 heavy (non-hydrogen) atoms. The molecule has 0 atom stereocenters. The van der Waals surface area contributed by atoms with Crippen molar-refractivity contribution in [1.82, 2.24) is 4.98 Å². The van der Waals surface area contributed by atoms with Gasteiger partial charge in [0.25, 0.3) is 6.01 Å². The molecule has 2 N–H and O–H groups in total. The molecule has 1 aliphatic carbocycles. The van der Waals surface area contributed by atoms with Crippen LogP contribution in [0.1, 0.15) is 43.6 Å². The molecule has 0 amide bonds. The number of anilines is 1. The zero-order valence-corrected chi connectivity index (χ0v) is 8.75. The first-order valence-corrected chi connectivity index (χ1v) is 5.47. The van der Waals surface area contributed by atoms with E-state index in [9.17, 15) is 0 Å². The molecule has 1 aromatic heterocycles. The Bertz CT molecular complexity index is 300. The average molecular weight is 194 g/mol. The van der Waals surface area contributed by atoms with E-state index in [4.69, 9.17) is 10.2 Å². The fourth-order valence-electron chi connectivity index (χ4n) is 2.30. The fraction of sp³-hybridized carbons (Fsp3) is 0.727. The molecule has 0 aromatic carbocycles. The van der Waals surface area contributed by atoms with Crippen molar-refractivity contribution in [2.45, 2.75) is 45.4 Å². The predicted octanol–water partition coefficient (Wildman–Crippen LogP) is 2.69. The summed E-state index contributed by atoms with van der Waals surface area (Å²) in [5.74, 6) is 1.69. The van der Waals surface area contributed by atoms with Gasteiger partial charge in [0, 0.05) is 0 Å². The fourth-order valence-corrected chi connectivity index (χ4v) is 2.30. The Hall–Kier alpha value is -0.990. The smallest absolute Gasteiger partial charge is 0.292 e. The van der Waals surface area contributed by atoms with Crippen molar-refractivity contribution < 1.29 is 4.42 Å². The third-order valence-corrected chi connectivity index (χ3v) is 3.12. The molecular formula is C11H18N2O. The van der Waals surface area contributed by atoms with Crippen molar-refractivity contribution in [3.63, 3.8) is 0 Å². The van der Waals surface area contributed by atoms with Crippen LogP contribution in [0.4, 0.5) is 6.01 Å². The Labute approximate surface area is 84.7 Å². The summed E-state index contributed by atoms with van der Waals surface area (Å²) in [6, 6.07) is 0.313. The molecule has 1 aromatic rings. The normalized spacial score (nSPS) is 18.6. The molecule has 0 aliphatic heterocycles. The second kappa shape index (κ2) is 4.03. The second-order valence-corrected chi connectivity index (χ2v) is 4.26. The number of nitrogens with two attached hydrogens (primary N) is 1. The van der Waals surface area contributed by atoms with Gasteiger partial charge in [0.05, 0.1) is 5.69 Å². The first kappa shape index (κ1) is 9.56. The van der Waals surface area contributed by atoms with Gasteiger partial charge < -0.3 is 10.2 Å². The summed E-state index contributed by atoms with van der Waals surface area (Å²) in [6.45, 7) is 1.95.